The number of hydrogen-bond donors (Lipinski definition) is 1. The van der Waals surface area contributed by atoms with Crippen molar-refractivity contribution in [3.05, 3.63) is 39.9 Å². The third-order valence-electron chi connectivity index (χ3n) is 5.35. The summed E-state index contributed by atoms with van der Waals surface area (Å²) in [7, 11) is 0. The van der Waals surface area contributed by atoms with Crippen LogP contribution in [0, 0.1) is 11.8 Å². The van der Waals surface area contributed by atoms with E-state index < -0.39 is 0 Å². The summed E-state index contributed by atoms with van der Waals surface area (Å²) >= 11 is 6.08. The lowest BCUT2D eigenvalue weighted by Gasteiger charge is -2.34. The molecule has 1 saturated heterocycles. The highest BCUT2D eigenvalue weighted by Gasteiger charge is 2.21. The quantitative estimate of drug-likeness (QED) is 0.755. The van der Waals surface area contributed by atoms with E-state index in [1.165, 1.54) is 19.5 Å². The first-order valence-electron chi connectivity index (χ1n) is 9.40. The Kier molecular flexibility index (Phi) is 4.76. The van der Waals surface area contributed by atoms with Gasteiger partial charge >= 0.3 is 0 Å². The van der Waals surface area contributed by atoms with Gasteiger partial charge in [-0.25, -0.2) is 4.98 Å². The Morgan fingerprint density at radius 3 is 2.77 bits per heavy atom. The molecule has 0 bridgehead atoms. The molecule has 1 N–H and O–H groups in total. The number of nitrogens with one attached hydrogen (secondary N) is 1. The average molecular weight is 373 g/mol. The van der Waals surface area contributed by atoms with E-state index in [0.717, 1.165) is 35.7 Å². The van der Waals surface area contributed by atoms with Crippen LogP contribution in [0.2, 0.25) is 5.02 Å². The Morgan fingerprint density at radius 1 is 1.23 bits per heavy atom. The van der Waals surface area contributed by atoms with E-state index in [4.69, 9.17) is 11.6 Å². The second kappa shape index (κ2) is 7.05. The molecule has 0 unspecified atom stereocenters. The minimum atomic E-state index is -0.0114. The smallest absolute Gasteiger partial charge is 0.277 e. The molecule has 1 aliphatic heterocycles. The van der Waals surface area contributed by atoms with E-state index in [9.17, 15) is 4.79 Å². The predicted molar refractivity (Wildman–Crippen MR) is 107 cm³/mol. The first-order chi connectivity index (χ1) is 12.5. The van der Waals surface area contributed by atoms with Gasteiger partial charge in [0.15, 0.2) is 0 Å². The number of aromatic nitrogens is 3. The monoisotopic (exact) mass is 372 g/mol. The van der Waals surface area contributed by atoms with E-state index in [0.29, 0.717) is 22.6 Å². The highest BCUT2D eigenvalue weighted by Crippen LogP contribution is 2.24. The molecule has 6 heteroatoms. The number of H-pyrrole nitrogens is 1. The Morgan fingerprint density at radius 2 is 2.00 bits per heavy atom. The lowest BCUT2D eigenvalue weighted by molar-refractivity contribution is 0.138. The third kappa shape index (κ3) is 3.38. The lowest BCUT2D eigenvalue weighted by atomic mass is 9.92. The standard InChI is InChI=1S/C20H25ClN4O/c1-13-8-14(2)11-24(10-13)6-3-7-25-12-22-18-16-9-15(21)4-5-17(16)23-19(18)20(25)26/h4-5,9,12-14,23H,3,6-8,10-11H2,1-2H3/t13-,14-/m1/s1. The van der Waals surface area contributed by atoms with Gasteiger partial charge in [0.2, 0.25) is 0 Å². The summed E-state index contributed by atoms with van der Waals surface area (Å²) in [4.78, 5) is 23.1. The molecule has 1 fully saturated rings. The van der Waals surface area contributed by atoms with Crippen LogP contribution in [0.25, 0.3) is 21.9 Å². The molecular weight excluding hydrogens is 348 g/mol. The Labute approximate surface area is 158 Å². The zero-order valence-corrected chi connectivity index (χ0v) is 16.1. The summed E-state index contributed by atoms with van der Waals surface area (Å²) in [5, 5.41) is 1.54. The molecule has 2 aromatic heterocycles. The number of likely N-dealkylation sites (tertiary alicyclic amines) is 1. The number of aryl methyl sites for hydroxylation is 1. The number of rotatable bonds is 4. The second-order valence-corrected chi connectivity index (χ2v) is 8.28. The zero-order valence-electron chi connectivity index (χ0n) is 15.3. The predicted octanol–water partition coefficient (Wildman–Crippen LogP) is 3.90. The molecule has 3 heterocycles. The fourth-order valence-corrected chi connectivity index (χ4v) is 4.53. The number of piperidine rings is 1. The van der Waals surface area contributed by atoms with E-state index in [-0.39, 0.29) is 5.56 Å². The Balaban J connectivity index is 1.51. The van der Waals surface area contributed by atoms with Gasteiger partial charge in [0.05, 0.1) is 6.33 Å². The molecule has 0 saturated carbocycles. The maximum atomic E-state index is 12.8. The molecular formula is C20H25ClN4O. The summed E-state index contributed by atoms with van der Waals surface area (Å²) in [6.45, 7) is 8.71. The van der Waals surface area contributed by atoms with Gasteiger partial charge < -0.3 is 9.88 Å². The van der Waals surface area contributed by atoms with Gasteiger partial charge in [0.25, 0.3) is 5.56 Å². The van der Waals surface area contributed by atoms with Crippen LogP contribution in [0.5, 0.6) is 0 Å². The first kappa shape index (κ1) is 17.6. The summed E-state index contributed by atoms with van der Waals surface area (Å²) in [6.07, 6.45) is 3.94. The van der Waals surface area contributed by atoms with Crippen molar-refractivity contribution in [1.82, 2.24) is 19.4 Å². The van der Waals surface area contributed by atoms with E-state index in [2.05, 4.69) is 28.7 Å². The molecule has 0 amide bonds. The maximum Gasteiger partial charge on any atom is 0.277 e. The van der Waals surface area contributed by atoms with Gasteiger partial charge in [-0.2, -0.15) is 0 Å². The average Bonchev–Trinajstić information content (AvgIpc) is 2.95. The second-order valence-electron chi connectivity index (χ2n) is 7.84. The molecule has 138 valence electrons. The lowest BCUT2D eigenvalue weighted by Crippen LogP contribution is -2.39. The molecule has 1 aromatic carbocycles. The topological polar surface area (TPSA) is 53.9 Å². The molecule has 5 nitrogen and oxygen atoms in total. The van der Waals surface area contributed by atoms with Crippen LogP contribution in [-0.2, 0) is 6.54 Å². The molecule has 26 heavy (non-hydrogen) atoms. The van der Waals surface area contributed by atoms with Crippen molar-refractivity contribution in [3.63, 3.8) is 0 Å². The van der Waals surface area contributed by atoms with Gasteiger partial charge in [-0.05, 0) is 49.4 Å². The van der Waals surface area contributed by atoms with E-state index in [1.54, 1.807) is 10.9 Å². The fourth-order valence-electron chi connectivity index (χ4n) is 4.36. The van der Waals surface area contributed by atoms with Crippen molar-refractivity contribution in [2.45, 2.75) is 33.2 Å². The Bertz CT molecular complexity index is 983. The number of aromatic amines is 1. The summed E-state index contributed by atoms with van der Waals surface area (Å²) in [6, 6.07) is 5.56. The van der Waals surface area contributed by atoms with Crippen LogP contribution in [0.1, 0.15) is 26.7 Å². The number of nitrogens with zero attached hydrogens (tertiary/aromatic N) is 3. The van der Waals surface area contributed by atoms with Gasteiger partial charge in [-0.1, -0.05) is 25.4 Å². The van der Waals surface area contributed by atoms with Crippen LogP contribution in [0.4, 0.5) is 0 Å². The van der Waals surface area contributed by atoms with Crippen LogP contribution >= 0.6 is 11.6 Å². The molecule has 0 spiro atoms. The van der Waals surface area contributed by atoms with Crippen molar-refractivity contribution < 1.29 is 0 Å². The molecule has 3 aromatic rings. The largest absolute Gasteiger partial charge is 0.349 e. The summed E-state index contributed by atoms with van der Waals surface area (Å²) in [5.74, 6) is 1.52. The number of halogens is 1. The number of hydrogen-bond acceptors (Lipinski definition) is 3. The number of benzene rings is 1. The summed E-state index contributed by atoms with van der Waals surface area (Å²) < 4.78 is 1.72. The van der Waals surface area contributed by atoms with Crippen LogP contribution in [0.3, 0.4) is 0 Å². The highest BCUT2D eigenvalue weighted by atomic mass is 35.5. The fraction of sp³-hybridized carbons (Fsp3) is 0.500. The molecule has 1 aliphatic rings. The summed E-state index contributed by atoms with van der Waals surface area (Å²) in [5.41, 5.74) is 2.14. The van der Waals surface area contributed by atoms with Crippen molar-refractivity contribution in [2.24, 2.45) is 11.8 Å². The normalized spacial score (nSPS) is 21.7. The van der Waals surface area contributed by atoms with Gasteiger partial charge in [-0.3, -0.25) is 9.36 Å². The third-order valence-corrected chi connectivity index (χ3v) is 5.59. The van der Waals surface area contributed by atoms with Crippen LogP contribution < -0.4 is 5.56 Å². The Hall–Kier alpha value is -1.85. The van der Waals surface area contributed by atoms with Gasteiger partial charge in [0, 0.05) is 35.6 Å². The SMILES string of the molecule is C[C@@H]1C[C@@H](C)CN(CCCn2cnc3c([nH]c4ccc(Cl)cc43)c2=O)C1. The van der Waals surface area contributed by atoms with Crippen molar-refractivity contribution in [3.8, 4) is 0 Å². The molecule has 4 rings (SSSR count). The van der Waals surface area contributed by atoms with Crippen molar-refractivity contribution in [2.75, 3.05) is 19.6 Å². The molecule has 2 atom stereocenters. The number of fused-ring (bicyclic) bond motifs is 3. The first-order valence-corrected chi connectivity index (χ1v) is 9.78. The van der Waals surface area contributed by atoms with Gasteiger partial charge in [0.1, 0.15) is 11.0 Å². The minimum absolute atomic E-state index is 0.0114. The van der Waals surface area contributed by atoms with Crippen molar-refractivity contribution >= 4 is 33.5 Å². The minimum Gasteiger partial charge on any atom is -0.349 e. The van der Waals surface area contributed by atoms with E-state index >= 15 is 0 Å². The molecule has 0 radical (unpaired) electrons. The molecule has 0 aliphatic carbocycles. The zero-order chi connectivity index (χ0) is 18.3. The maximum absolute atomic E-state index is 12.8. The van der Waals surface area contributed by atoms with Crippen LogP contribution in [-0.4, -0.2) is 39.1 Å². The van der Waals surface area contributed by atoms with Gasteiger partial charge in [-0.15, -0.1) is 0 Å². The van der Waals surface area contributed by atoms with E-state index in [1.807, 2.05) is 18.2 Å². The highest BCUT2D eigenvalue weighted by molar-refractivity contribution is 6.31. The van der Waals surface area contributed by atoms with Crippen LogP contribution in [0.15, 0.2) is 29.3 Å². The van der Waals surface area contributed by atoms with Crippen molar-refractivity contribution in [1.29, 1.82) is 0 Å².